The topological polar surface area (TPSA) is 66.6 Å². The standard InChI is InChI=1S/C29H31N3O3S/c1-5-35-26-12-8-24(9-13-26)30-29(36)32(17-21-6-10-25(34-4)11-7-21)18-23-16-22-15-19(2)14-20(3)27(22)31-28(23)33/h6-16H,5,17-18H2,1-4H3,(H,30,36)(H,31,33). The van der Waals surface area contributed by atoms with Crippen molar-refractivity contribution in [3.05, 3.63) is 99.3 Å². The molecule has 0 unspecified atom stereocenters. The summed E-state index contributed by atoms with van der Waals surface area (Å²) in [6, 6.07) is 21.6. The number of hydrogen-bond acceptors (Lipinski definition) is 4. The fraction of sp³-hybridized carbons (Fsp3) is 0.241. The van der Waals surface area contributed by atoms with Gasteiger partial charge in [-0.05, 0) is 98.0 Å². The van der Waals surface area contributed by atoms with E-state index >= 15 is 0 Å². The summed E-state index contributed by atoms with van der Waals surface area (Å²) in [4.78, 5) is 18.1. The smallest absolute Gasteiger partial charge is 0.253 e. The van der Waals surface area contributed by atoms with Gasteiger partial charge in [-0.2, -0.15) is 0 Å². The Morgan fingerprint density at radius 1 is 0.972 bits per heavy atom. The molecule has 0 aliphatic carbocycles. The summed E-state index contributed by atoms with van der Waals surface area (Å²) in [5, 5.41) is 4.85. The molecule has 0 aliphatic heterocycles. The van der Waals surface area contributed by atoms with Crippen molar-refractivity contribution in [2.75, 3.05) is 19.0 Å². The molecule has 0 spiro atoms. The second kappa shape index (κ2) is 11.3. The van der Waals surface area contributed by atoms with Crippen LogP contribution in [0.5, 0.6) is 11.5 Å². The SMILES string of the molecule is CCOc1ccc(NC(=S)N(Cc2ccc(OC)cc2)Cc2cc3cc(C)cc(C)c3[nH]c2=O)cc1. The molecule has 3 aromatic carbocycles. The minimum absolute atomic E-state index is 0.113. The molecule has 36 heavy (non-hydrogen) atoms. The minimum atomic E-state index is -0.113. The minimum Gasteiger partial charge on any atom is -0.497 e. The molecule has 1 heterocycles. The summed E-state index contributed by atoms with van der Waals surface area (Å²) >= 11 is 5.82. The van der Waals surface area contributed by atoms with E-state index in [2.05, 4.69) is 29.4 Å². The van der Waals surface area contributed by atoms with Gasteiger partial charge in [-0.3, -0.25) is 4.79 Å². The number of fused-ring (bicyclic) bond motifs is 1. The summed E-state index contributed by atoms with van der Waals surface area (Å²) in [6.07, 6.45) is 0. The van der Waals surface area contributed by atoms with Crippen molar-refractivity contribution in [2.24, 2.45) is 0 Å². The van der Waals surface area contributed by atoms with Crippen LogP contribution in [0.15, 0.2) is 71.5 Å². The number of methoxy groups -OCH3 is 1. The van der Waals surface area contributed by atoms with Crippen LogP contribution in [0.25, 0.3) is 10.9 Å². The molecular weight excluding hydrogens is 470 g/mol. The van der Waals surface area contributed by atoms with Crippen LogP contribution in [0.1, 0.15) is 29.2 Å². The first kappa shape index (κ1) is 25.3. The van der Waals surface area contributed by atoms with Crippen molar-refractivity contribution in [3.63, 3.8) is 0 Å². The number of rotatable bonds is 8. The first-order chi connectivity index (χ1) is 17.4. The molecular formula is C29H31N3O3S. The lowest BCUT2D eigenvalue weighted by Crippen LogP contribution is -2.35. The van der Waals surface area contributed by atoms with Crippen LogP contribution in [-0.2, 0) is 13.1 Å². The lowest BCUT2D eigenvalue weighted by atomic mass is 10.1. The second-order valence-electron chi connectivity index (χ2n) is 8.76. The Balaban J connectivity index is 1.63. The highest BCUT2D eigenvalue weighted by Gasteiger charge is 2.15. The van der Waals surface area contributed by atoms with E-state index in [9.17, 15) is 4.79 Å². The zero-order valence-electron chi connectivity index (χ0n) is 21.1. The normalized spacial score (nSPS) is 10.8. The summed E-state index contributed by atoms with van der Waals surface area (Å²) in [5.74, 6) is 1.59. The molecule has 0 fully saturated rings. The number of nitrogens with zero attached hydrogens (tertiary/aromatic N) is 1. The molecule has 0 saturated heterocycles. The van der Waals surface area contributed by atoms with Gasteiger partial charge in [0.25, 0.3) is 5.56 Å². The number of nitrogens with one attached hydrogen (secondary N) is 2. The molecule has 0 saturated carbocycles. The Labute approximate surface area is 216 Å². The lowest BCUT2D eigenvalue weighted by molar-refractivity contribution is 0.340. The number of hydrogen-bond donors (Lipinski definition) is 2. The quantitative estimate of drug-likeness (QED) is 0.291. The van der Waals surface area contributed by atoms with Gasteiger partial charge in [-0.1, -0.05) is 23.8 Å². The number of pyridine rings is 1. The number of thiocarbonyl (C=S) groups is 1. The first-order valence-corrected chi connectivity index (χ1v) is 12.3. The van der Waals surface area contributed by atoms with E-state index in [0.717, 1.165) is 44.8 Å². The monoisotopic (exact) mass is 501 g/mol. The average Bonchev–Trinajstić information content (AvgIpc) is 2.86. The molecule has 4 rings (SSSR count). The van der Waals surface area contributed by atoms with Crippen LogP contribution in [0.4, 0.5) is 5.69 Å². The van der Waals surface area contributed by atoms with E-state index in [1.807, 2.05) is 73.3 Å². The van der Waals surface area contributed by atoms with Crippen molar-refractivity contribution in [1.29, 1.82) is 0 Å². The maximum Gasteiger partial charge on any atom is 0.253 e. The van der Waals surface area contributed by atoms with Crippen molar-refractivity contribution in [2.45, 2.75) is 33.9 Å². The number of aromatic amines is 1. The fourth-order valence-corrected chi connectivity index (χ4v) is 4.46. The maximum atomic E-state index is 13.0. The van der Waals surface area contributed by atoms with Crippen molar-refractivity contribution in [1.82, 2.24) is 9.88 Å². The van der Waals surface area contributed by atoms with Crippen LogP contribution in [0, 0.1) is 13.8 Å². The Morgan fingerprint density at radius 3 is 2.33 bits per heavy atom. The van der Waals surface area contributed by atoms with E-state index in [-0.39, 0.29) is 5.56 Å². The fourth-order valence-electron chi connectivity index (χ4n) is 4.21. The third-order valence-electron chi connectivity index (χ3n) is 5.97. The van der Waals surface area contributed by atoms with Gasteiger partial charge in [0.2, 0.25) is 0 Å². The molecule has 6 nitrogen and oxygen atoms in total. The maximum absolute atomic E-state index is 13.0. The van der Waals surface area contributed by atoms with Gasteiger partial charge in [0.15, 0.2) is 5.11 Å². The van der Waals surface area contributed by atoms with Gasteiger partial charge in [0.1, 0.15) is 11.5 Å². The highest BCUT2D eigenvalue weighted by molar-refractivity contribution is 7.80. The predicted molar refractivity (Wildman–Crippen MR) is 150 cm³/mol. The molecule has 0 bridgehead atoms. The van der Waals surface area contributed by atoms with Crippen LogP contribution < -0.4 is 20.3 Å². The van der Waals surface area contributed by atoms with E-state index in [1.165, 1.54) is 0 Å². The molecule has 186 valence electrons. The Kier molecular flexibility index (Phi) is 7.90. The molecule has 0 amide bonds. The Morgan fingerprint density at radius 2 is 1.67 bits per heavy atom. The number of ether oxygens (including phenoxy) is 2. The zero-order valence-corrected chi connectivity index (χ0v) is 21.9. The third kappa shape index (κ3) is 6.04. The van der Waals surface area contributed by atoms with Gasteiger partial charge < -0.3 is 24.7 Å². The Hall–Kier alpha value is -3.84. The van der Waals surface area contributed by atoms with Gasteiger partial charge >= 0.3 is 0 Å². The summed E-state index contributed by atoms with van der Waals surface area (Å²) in [6.45, 7) is 7.51. The van der Waals surface area contributed by atoms with E-state index in [4.69, 9.17) is 21.7 Å². The summed E-state index contributed by atoms with van der Waals surface area (Å²) in [7, 11) is 1.65. The molecule has 1 aromatic heterocycles. The third-order valence-corrected chi connectivity index (χ3v) is 6.33. The predicted octanol–water partition coefficient (Wildman–Crippen LogP) is 5.95. The highest BCUT2D eigenvalue weighted by Crippen LogP contribution is 2.21. The van der Waals surface area contributed by atoms with Crippen LogP contribution in [0.3, 0.4) is 0 Å². The lowest BCUT2D eigenvalue weighted by Gasteiger charge is -2.26. The van der Waals surface area contributed by atoms with E-state index < -0.39 is 0 Å². The van der Waals surface area contributed by atoms with Gasteiger partial charge in [0, 0.05) is 17.8 Å². The average molecular weight is 502 g/mol. The highest BCUT2D eigenvalue weighted by atomic mass is 32.1. The van der Waals surface area contributed by atoms with Gasteiger partial charge in [-0.25, -0.2) is 0 Å². The summed E-state index contributed by atoms with van der Waals surface area (Å²) in [5.41, 5.74) is 5.51. The number of benzene rings is 3. The van der Waals surface area contributed by atoms with E-state index in [0.29, 0.717) is 30.4 Å². The van der Waals surface area contributed by atoms with Crippen LogP contribution in [0.2, 0.25) is 0 Å². The van der Waals surface area contributed by atoms with Crippen LogP contribution in [-0.4, -0.2) is 28.7 Å². The number of aromatic nitrogens is 1. The zero-order chi connectivity index (χ0) is 25.7. The molecule has 0 radical (unpaired) electrons. The number of H-pyrrole nitrogens is 1. The van der Waals surface area contributed by atoms with Crippen molar-refractivity contribution >= 4 is 33.9 Å². The van der Waals surface area contributed by atoms with E-state index in [1.54, 1.807) is 7.11 Å². The molecule has 4 aromatic rings. The Bertz CT molecular complexity index is 1410. The number of aryl methyl sites for hydroxylation is 2. The molecule has 2 N–H and O–H groups in total. The van der Waals surface area contributed by atoms with Crippen molar-refractivity contribution in [3.8, 4) is 11.5 Å². The van der Waals surface area contributed by atoms with Crippen LogP contribution >= 0.6 is 12.2 Å². The molecule has 0 aliphatic rings. The molecule has 0 atom stereocenters. The largest absolute Gasteiger partial charge is 0.497 e. The van der Waals surface area contributed by atoms with Crippen molar-refractivity contribution < 1.29 is 9.47 Å². The number of anilines is 1. The van der Waals surface area contributed by atoms with Gasteiger partial charge in [0.05, 0.1) is 25.8 Å². The first-order valence-electron chi connectivity index (χ1n) is 11.9. The molecule has 7 heteroatoms. The van der Waals surface area contributed by atoms with Gasteiger partial charge in [-0.15, -0.1) is 0 Å². The second-order valence-corrected chi connectivity index (χ2v) is 9.15. The summed E-state index contributed by atoms with van der Waals surface area (Å²) < 4.78 is 10.8.